The number of methoxy groups -OCH3 is 1. The van der Waals surface area contributed by atoms with E-state index < -0.39 is 0 Å². The van der Waals surface area contributed by atoms with Crippen LogP contribution in [0.4, 0.5) is 0 Å². The molecule has 0 spiro atoms. The second-order valence-electron chi connectivity index (χ2n) is 5.52. The lowest BCUT2D eigenvalue weighted by Gasteiger charge is -2.22. The maximum Gasteiger partial charge on any atom is 0.122 e. The number of thiophene rings is 1. The van der Waals surface area contributed by atoms with Gasteiger partial charge in [-0.05, 0) is 78.4 Å². The molecular weight excluding hydrogens is 278 g/mol. The van der Waals surface area contributed by atoms with Crippen LogP contribution in [0.25, 0.3) is 0 Å². The number of benzene rings is 1. The Bertz CT molecular complexity index is 563. The Balaban J connectivity index is 2.29. The van der Waals surface area contributed by atoms with E-state index in [9.17, 15) is 0 Å². The van der Waals surface area contributed by atoms with Crippen molar-refractivity contribution < 1.29 is 4.74 Å². The third-order valence-electron chi connectivity index (χ3n) is 3.82. The van der Waals surface area contributed by atoms with Crippen LogP contribution in [0.5, 0.6) is 5.75 Å². The molecule has 1 atom stereocenters. The number of aryl methyl sites for hydroxylation is 2. The average molecular weight is 303 g/mol. The molecule has 114 valence electrons. The molecule has 1 N–H and O–H groups in total. The Kier molecular flexibility index (Phi) is 5.83. The minimum atomic E-state index is 0.365. The van der Waals surface area contributed by atoms with Gasteiger partial charge in [-0.25, -0.2) is 0 Å². The highest BCUT2D eigenvalue weighted by molar-refractivity contribution is 7.07. The molecule has 2 rings (SSSR count). The SMILES string of the molecule is CCCNC(Cc1ccsc1)c1cc(C)c(OC)cc1C. The maximum absolute atomic E-state index is 5.43. The molecule has 0 aliphatic rings. The second kappa shape index (κ2) is 7.62. The lowest BCUT2D eigenvalue weighted by molar-refractivity contribution is 0.410. The summed E-state index contributed by atoms with van der Waals surface area (Å²) in [6.07, 6.45) is 2.18. The maximum atomic E-state index is 5.43. The molecule has 1 heterocycles. The molecule has 1 aromatic heterocycles. The molecule has 0 saturated carbocycles. The monoisotopic (exact) mass is 303 g/mol. The van der Waals surface area contributed by atoms with Crippen molar-refractivity contribution in [3.05, 3.63) is 51.2 Å². The quantitative estimate of drug-likeness (QED) is 0.803. The third kappa shape index (κ3) is 4.08. The van der Waals surface area contributed by atoms with Gasteiger partial charge in [-0.3, -0.25) is 0 Å². The highest BCUT2D eigenvalue weighted by Crippen LogP contribution is 2.29. The first kappa shape index (κ1) is 16.1. The molecule has 1 unspecified atom stereocenters. The first-order valence-electron chi connectivity index (χ1n) is 7.55. The molecule has 0 saturated heterocycles. The van der Waals surface area contributed by atoms with E-state index in [-0.39, 0.29) is 0 Å². The highest BCUT2D eigenvalue weighted by Gasteiger charge is 2.16. The smallest absolute Gasteiger partial charge is 0.122 e. The number of rotatable bonds is 7. The fourth-order valence-corrected chi connectivity index (χ4v) is 3.34. The molecular formula is C18H25NOS. The molecule has 0 amide bonds. The molecule has 0 fully saturated rings. The number of hydrogen-bond donors (Lipinski definition) is 1. The van der Waals surface area contributed by atoms with Gasteiger partial charge in [0.05, 0.1) is 7.11 Å². The van der Waals surface area contributed by atoms with Crippen LogP contribution in [-0.2, 0) is 6.42 Å². The van der Waals surface area contributed by atoms with Gasteiger partial charge in [0, 0.05) is 6.04 Å². The van der Waals surface area contributed by atoms with E-state index in [2.05, 4.69) is 55.0 Å². The normalized spacial score (nSPS) is 12.4. The molecule has 0 bridgehead atoms. The van der Waals surface area contributed by atoms with Gasteiger partial charge in [0.25, 0.3) is 0 Å². The first-order valence-corrected chi connectivity index (χ1v) is 8.49. The van der Waals surface area contributed by atoms with Gasteiger partial charge in [-0.2, -0.15) is 11.3 Å². The predicted octanol–water partition coefficient (Wildman–Crippen LogP) is 4.66. The summed E-state index contributed by atoms with van der Waals surface area (Å²) in [5, 5.41) is 8.09. The van der Waals surface area contributed by atoms with Gasteiger partial charge in [-0.15, -0.1) is 0 Å². The fraction of sp³-hybridized carbons (Fsp3) is 0.444. The van der Waals surface area contributed by atoms with E-state index in [4.69, 9.17) is 4.74 Å². The number of nitrogens with one attached hydrogen (secondary N) is 1. The van der Waals surface area contributed by atoms with Gasteiger partial charge in [0.2, 0.25) is 0 Å². The summed E-state index contributed by atoms with van der Waals surface area (Å²) in [7, 11) is 1.74. The second-order valence-corrected chi connectivity index (χ2v) is 6.30. The van der Waals surface area contributed by atoms with Crippen LogP contribution >= 0.6 is 11.3 Å². The zero-order chi connectivity index (χ0) is 15.2. The van der Waals surface area contributed by atoms with Crippen LogP contribution in [0.1, 0.15) is 41.6 Å². The summed E-state index contributed by atoms with van der Waals surface area (Å²) in [5.74, 6) is 0.973. The third-order valence-corrected chi connectivity index (χ3v) is 4.55. The Labute approximate surface area is 132 Å². The molecule has 0 aliphatic carbocycles. The zero-order valence-corrected chi connectivity index (χ0v) is 14.2. The Hall–Kier alpha value is -1.32. The van der Waals surface area contributed by atoms with Crippen molar-refractivity contribution in [3.63, 3.8) is 0 Å². The minimum Gasteiger partial charge on any atom is -0.496 e. The van der Waals surface area contributed by atoms with Gasteiger partial charge < -0.3 is 10.1 Å². The number of hydrogen-bond acceptors (Lipinski definition) is 3. The van der Waals surface area contributed by atoms with Crippen molar-refractivity contribution in [2.75, 3.05) is 13.7 Å². The Morgan fingerprint density at radius 1 is 1.24 bits per heavy atom. The van der Waals surface area contributed by atoms with Crippen molar-refractivity contribution in [2.45, 2.75) is 39.7 Å². The van der Waals surface area contributed by atoms with Crippen LogP contribution in [0.3, 0.4) is 0 Å². The molecule has 2 aromatic rings. The van der Waals surface area contributed by atoms with Crippen LogP contribution in [0.15, 0.2) is 29.0 Å². The highest BCUT2D eigenvalue weighted by atomic mass is 32.1. The Morgan fingerprint density at radius 3 is 2.67 bits per heavy atom. The minimum absolute atomic E-state index is 0.365. The van der Waals surface area contributed by atoms with Crippen LogP contribution < -0.4 is 10.1 Å². The van der Waals surface area contributed by atoms with Gasteiger partial charge in [-0.1, -0.05) is 13.0 Å². The summed E-state index contributed by atoms with van der Waals surface area (Å²) in [5.41, 5.74) is 5.28. The first-order chi connectivity index (χ1) is 10.2. The van der Waals surface area contributed by atoms with Crippen LogP contribution in [0, 0.1) is 13.8 Å². The van der Waals surface area contributed by atoms with E-state index in [0.29, 0.717) is 6.04 Å². The van der Waals surface area contributed by atoms with Crippen LogP contribution in [0.2, 0.25) is 0 Å². The van der Waals surface area contributed by atoms with Crippen LogP contribution in [-0.4, -0.2) is 13.7 Å². The van der Waals surface area contributed by atoms with Crippen molar-refractivity contribution in [2.24, 2.45) is 0 Å². The van der Waals surface area contributed by atoms with E-state index in [1.165, 1.54) is 22.3 Å². The molecule has 3 heteroatoms. The van der Waals surface area contributed by atoms with E-state index in [1.54, 1.807) is 18.4 Å². The van der Waals surface area contributed by atoms with E-state index >= 15 is 0 Å². The van der Waals surface area contributed by atoms with Crippen molar-refractivity contribution in [1.82, 2.24) is 5.32 Å². The van der Waals surface area contributed by atoms with Gasteiger partial charge in [0.15, 0.2) is 0 Å². The topological polar surface area (TPSA) is 21.3 Å². The fourth-order valence-electron chi connectivity index (χ4n) is 2.66. The average Bonchev–Trinajstić information content (AvgIpc) is 2.98. The standard InChI is InChI=1S/C18H25NOS/c1-5-7-19-17(11-15-6-8-21-12-15)16-9-14(3)18(20-4)10-13(16)2/h6,8-10,12,17,19H,5,7,11H2,1-4H3. The summed E-state index contributed by atoms with van der Waals surface area (Å²) in [4.78, 5) is 0. The largest absolute Gasteiger partial charge is 0.496 e. The lowest BCUT2D eigenvalue weighted by Crippen LogP contribution is -2.24. The number of ether oxygens (including phenoxy) is 1. The lowest BCUT2D eigenvalue weighted by atomic mass is 9.94. The molecule has 0 aliphatic heterocycles. The molecule has 21 heavy (non-hydrogen) atoms. The Morgan fingerprint density at radius 2 is 2.05 bits per heavy atom. The summed E-state index contributed by atoms with van der Waals surface area (Å²) >= 11 is 1.77. The van der Waals surface area contributed by atoms with Crippen molar-refractivity contribution in [1.29, 1.82) is 0 Å². The molecule has 2 nitrogen and oxygen atoms in total. The van der Waals surface area contributed by atoms with Gasteiger partial charge in [0.1, 0.15) is 5.75 Å². The van der Waals surface area contributed by atoms with Crippen molar-refractivity contribution in [3.8, 4) is 5.75 Å². The van der Waals surface area contributed by atoms with E-state index in [1.807, 2.05) is 0 Å². The molecule has 1 aromatic carbocycles. The van der Waals surface area contributed by atoms with E-state index in [0.717, 1.165) is 25.1 Å². The van der Waals surface area contributed by atoms with Gasteiger partial charge >= 0.3 is 0 Å². The summed E-state index contributed by atoms with van der Waals surface area (Å²) < 4.78 is 5.43. The van der Waals surface area contributed by atoms with Crippen molar-refractivity contribution >= 4 is 11.3 Å². The zero-order valence-electron chi connectivity index (χ0n) is 13.4. The molecule has 0 radical (unpaired) electrons. The summed E-state index contributed by atoms with van der Waals surface area (Å²) in [6, 6.07) is 7.01. The predicted molar refractivity (Wildman–Crippen MR) is 91.5 cm³/mol. The summed E-state index contributed by atoms with van der Waals surface area (Å²) in [6.45, 7) is 7.54.